The summed E-state index contributed by atoms with van der Waals surface area (Å²) < 4.78 is 5.93. The van der Waals surface area contributed by atoms with Crippen LogP contribution in [0, 0.1) is 11.8 Å². The zero-order chi connectivity index (χ0) is 43.1. The van der Waals surface area contributed by atoms with Crippen LogP contribution in [0.1, 0.15) is 64.5 Å². The van der Waals surface area contributed by atoms with Crippen molar-refractivity contribution in [1.29, 1.82) is 0 Å². The molecule has 1 amide bonds. The molecule has 6 aromatic rings. The third-order valence-electron chi connectivity index (χ3n) is 12.3. The number of likely N-dealkylation sites (tertiary alicyclic amines) is 2. The van der Waals surface area contributed by atoms with Gasteiger partial charge in [0, 0.05) is 48.8 Å². The molecule has 0 spiro atoms. The lowest BCUT2D eigenvalue weighted by molar-refractivity contribution is -0.164. The van der Waals surface area contributed by atoms with Crippen molar-refractivity contribution in [2.75, 3.05) is 45.9 Å². The molecule has 2 saturated heterocycles. The second-order valence-corrected chi connectivity index (χ2v) is 16.4. The number of hydrogen-bond acceptors (Lipinski definition) is 11. The Kier molecular flexibility index (Phi) is 13.1. The van der Waals surface area contributed by atoms with Gasteiger partial charge in [0.1, 0.15) is 11.4 Å². The first-order valence-electron chi connectivity index (χ1n) is 21.3. The molecular formula is C49H52N6O7. The van der Waals surface area contributed by atoms with E-state index in [1.54, 1.807) is 65.7 Å². The molecule has 2 fully saturated rings. The summed E-state index contributed by atoms with van der Waals surface area (Å²) in [6.07, 6.45) is 5.46. The SMILES string of the molecule is O=C(c1cncc(-c2cccc([C@](O)(C(=O)OCC3CCN(Cc4ccccc4)CC3)c3ccccc3)c2)n1)N1CCC(CNC[C@H](O)c2ccc(O)c3[nH]c(=O)ccc23)CC1. The van der Waals surface area contributed by atoms with Gasteiger partial charge in [0.05, 0.1) is 36.3 Å². The number of aromatic amines is 1. The quantitative estimate of drug-likeness (QED) is 0.0868. The van der Waals surface area contributed by atoms with E-state index in [1.807, 2.05) is 18.2 Å². The van der Waals surface area contributed by atoms with Crippen molar-refractivity contribution < 1.29 is 29.6 Å². The van der Waals surface area contributed by atoms with E-state index in [0.29, 0.717) is 58.5 Å². The molecule has 0 unspecified atom stereocenters. The molecule has 13 heteroatoms. The highest BCUT2D eigenvalue weighted by Gasteiger charge is 2.42. The Hall–Kier alpha value is -6.25. The highest BCUT2D eigenvalue weighted by molar-refractivity contribution is 5.93. The molecule has 4 heterocycles. The molecule has 2 atom stereocenters. The third kappa shape index (κ3) is 9.61. The number of amides is 1. The molecule has 2 aliphatic rings. The number of phenols is 1. The number of aliphatic hydroxyl groups excluding tert-OH is 1. The summed E-state index contributed by atoms with van der Waals surface area (Å²) in [6.45, 7) is 4.90. The van der Waals surface area contributed by atoms with Gasteiger partial charge in [-0.05, 0) is 92.0 Å². The summed E-state index contributed by atoms with van der Waals surface area (Å²) >= 11 is 0. The van der Waals surface area contributed by atoms with E-state index in [4.69, 9.17) is 9.72 Å². The Bertz CT molecular complexity index is 2540. The summed E-state index contributed by atoms with van der Waals surface area (Å²) in [5, 5.41) is 37.4. The van der Waals surface area contributed by atoms with Gasteiger partial charge in [-0.2, -0.15) is 0 Å². The minimum absolute atomic E-state index is 0.0577. The van der Waals surface area contributed by atoms with E-state index in [0.717, 1.165) is 45.3 Å². The zero-order valence-electron chi connectivity index (χ0n) is 34.5. The predicted molar refractivity (Wildman–Crippen MR) is 235 cm³/mol. The molecule has 13 nitrogen and oxygen atoms in total. The second kappa shape index (κ2) is 19.2. The Morgan fingerprint density at radius 2 is 1.55 bits per heavy atom. The van der Waals surface area contributed by atoms with Crippen LogP contribution in [0.3, 0.4) is 0 Å². The Labute approximate surface area is 360 Å². The van der Waals surface area contributed by atoms with Gasteiger partial charge < -0.3 is 35.3 Å². The molecule has 0 radical (unpaired) electrons. The largest absolute Gasteiger partial charge is 0.506 e. The van der Waals surface area contributed by atoms with Crippen molar-refractivity contribution in [3.8, 4) is 17.0 Å². The lowest BCUT2D eigenvalue weighted by Gasteiger charge is -2.33. The number of nitrogens with zero attached hydrogens (tertiary/aromatic N) is 4. The molecule has 320 valence electrons. The number of hydrogen-bond donors (Lipinski definition) is 5. The van der Waals surface area contributed by atoms with Gasteiger partial charge in [-0.15, -0.1) is 0 Å². The maximum Gasteiger partial charge on any atom is 0.347 e. The standard InChI is InChI=1S/C49H52N6O7/c56-43-16-14-39(40-15-17-45(58)53-46(40)43)44(57)30-50-27-33-20-24-55(25-21-33)47(59)42-29-51-28-41(52-42)36-10-7-13-38(26-36)49(61,37-11-5-2-6-12-37)48(60)62-32-35-18-22-54(23-19-35)31-34-8-3-1-4-9-34/h1-17,26,28-29,33,35,44,50,56-57,61H,18-25,27,30-32H2,(H,53,58)/t44-,49-/m0/s1. The predicted octanol–water partition coefficient (Wildman–Crippen LogP) is 5.56. The van der Waals surface area contributed by atoms with Crippen molar-refractivity contribution in [3.05, 3.63) is 160 Å². The van der Waals surface area contributed by atoms with E-state index in [2.05, 4.69) is 44.5 Å². The number of aromatic hydroxyl groups is 1. The maximum absolute atomic E-state index is 14.0. The van der Waals surface area contributed by atoms with E-state index in [-0.39, 0.29) is 47.9 Å². The van der Waals surface area contributed by atoms with Crippen LogP contribution in [-0.2, 0) is 21.7 Å². The van der Waals surface area contributed by atoms with Gasteiger partial charge >= 0.3 is 5.97 Å². The highest BCUT2D eigenvalue weighted by Crippen LogP contribution is 2.34. The average molecular weight is 837 g/mol. The first-order valence-corrected chi connectivity index (χ1v) is 21.3. The Balaban J connectivity index is 0.875. The Morgan fingerprint density at radius 1 is 0.839 bits per heavy atom. The lowest BCUT2D eigenvalue weighted by atomic mass is 9.85. The van der Waals surface area contributed by atoms with Crippen LogP contribution in [-0.4, -0.2) is 97.8 Å². The summed E-state index contributed by atoms with van der Waals surface area (Å²) in [7, 11) is 0. The number of piperidine rings is 2. The first kappa shape index (κ1) is 42.4. The number of carbonyl (C=O) groups excluding carboxylic acids is 2. The van der Waals surface area contributed by atoms with Crippen LogP contribution in [0.4, 0.5) is 0 Å². The monoisotopic (exact) mass is 836 g/mol. The molecule has 0 bridgehead atoms. The molecule has 0 saturated carbocycles. The summed E-state index contributed by atoms with van der Waals surface area (Å²) in [6, 6.07) is 32.2. The molecule has 62 heavy (non-hydrogen) atoms. The van der Waals surface area contributed by atoms with Crippen LogP contribution in [0.5, 0.6) is 5.75 Å². The van der Waals surface area contributed by atoms with Crippen LogP contribution < -0.4 is 10.9 Å². The van der Waals surface area contributed by atoms with Gasteiger partial charge in [0.2, 0.25) is 11.2 Å². The van der Waals surface area contributed by atoms with E-state index >= 15 is 0 Å². The topological polar surface area (TPSA) is 181 Å². The van der Waals surface area contributed by atoms with Crippen molar-refractivity contribution in [2.45, 2.75) is 43.9 Å². The summed E-state index contributed by atoms with van der Waals surface area (Å²) in [5.74, 6) is -0.569. The number of H-pyrrole nitrogens is 1. The molecule has 0 aliphatic carbocycles. The number of carbonyl (C=O) groups is 2. The number of phenolic OH excluding ortho intramolecular Hbond substituents is 1. The lowest BCUT2D eigenvalue weighted by Crippen LogP contribution is -2.41. The van der Waals surface area contributed by atoms with Gasteiger partial charge in [0.25, 0.3) is 5.91 Å². The molecule has 8 rings (SSSR count). The van der Waals surface area contributed by atoms with Gasteiger partial charge in [-0.25, -0.2) is 9.78 Å². The summed E-state index contributed by atoms with van der Waals surface area (Å²) in [5.41, 5.74) is 1.64. The van der Waals surface area contributed by atoms with Crippen LogP contribution in [0.15, 0.2) is 126 Å². The van der Waals surface area contributed by atoms with E-state index in [9.17, 15) is 29.7 Å². The van der Waals surface area contributed by atoms with Gasteiger partial charge in [-0.1, -0.05) is 84.9 Å². The minimum atomic E-state index is -2.09. The number of benzene rings is 4. The number of pyridine rings is 1. The zero-order valence-corrected chi connectivity index (χ0v) is 34.5. The number of nitrogens with one attached hydrogen (secondary N) is 2. The fourth-order valence-electron chi connectivity index (χ4n) is 8.63. The number of aliphatic hydroxyl groups is 2. The number of esters is 1. The highest BCUT2D eigenvalue weighted by atomic mass is 16.5. The van der Waals surface area contributed by atoms with Crippen LogP contribution >= 0.6 is 0 Å². The fraction of sp³-hybridized carbons (Fsp3) is 0.327. The second-order valence-electron chi connectivity index (χ2n) is 16.4. The van der Waals surface area contributed by atoms with Crippen molar-refractivity contribution >= 4 is 22.8 Å². The average Bonchev–Trinajstić information content (AvgIpc) is 3.32. The van der Waals surface area contributed by atoms with E-state index in [1.165, 1.54) is 23.9 Å². The van der Waals surface area contributed by atoms with Crippen LogP contribution in [0.2, 0.25) is 0 Å². The normalized spacial score (nSPS) is 16.8. The Morgan fingerprint density at radius 3 is 2.31 bits per heavy atom. The van der Waals surface area contributed by atoms with Crippen molar-refractivity contribution in [1.82, 2.24) is 30.1 Å². The third-order valence-corrected chi connectivity index (χ3v) is 12.3. The van der Waals surface area contributed by atoms with E-state index < -0.39 is 17.7 Å². The van der Waals surface area contributed by atoms with Crippen LogP contribution in [0.25, 0.3) is 22.2 Å². The number of aromatic nitrogens is 3. The minimum Gasteiger partial charge on any atom is -0.506 e. The number of rotatable bonds is 14. The first-order chi connectivity index (χ1) is 30.2. The van der Waals surface area contributed by atoms with Gasteiger partial charge in [-0.3, -0.25) is 19.5 Å². The smallest absolute Gasteiger partial charge is 0.347 e. The molecule has 2 aliphatic heterocycles. The molecule has 4 aromatic carbocycles. The maximum atomic E-state index is 14.0. The molecular weight excluding hydrogens is 785 g/mol. The summed E-state index contributed by atoms with van der Waals surface area (Å²) in [4.78, 5) is 55.4. The van der Waals surface area contributed by atoms with Crippen molar-refractivity contribution in [3.63, 3.8) is 0 Å². The fourth-order valence-corrected chi connectivity index (χ4v) is 8.63. The molecule has 2 aromatic heterocycles. The van der Waals surface area contributed by atoms with Crippen molar-refractivity contribution in [2.24, 2.45) is 11.8 Å². The number of fused-ring (bicyclic) bond motifs is 1. The molecule has 5 N–H and O–H groups in total. The number of ether oxygens (including phenoxy) is 1. The van der Waals surface area contributed by atoms with Gasteiger partial charge in [0.15, 0.2) is 0 Å².